The van der Waals surface area contributed by atoms with Crippen molar-refractivity contribution in [2.45, 2.75) is 13.5 Å². The molecule has 110 valence electrons. The summed E-state index contributed by atoms with van der Waals surface area (Å²) in [7, 11) is 0. The molecule has 1 amide bonds. The van der Waals surface area contributed by atoms with Gasteiger partial charge in [0.05, 0.1) is 15.7 Å². The van der Waals surface area contributed by atoms with Crippen LogP contribution in [-0.4, -0.2) is 5.91 Å². The number of hydrogen-bond donors (Lipinski definition) is 2. The molecule has 6 heteroatoms. The van der Waals surface area contributed by atoms with Crippen molar-refractivity contribution in [1.29, 1.82) is 0 Å². The van der Waals surface area contributed by atoms with E-state index in [9.17, 15) is 4.79 Å². The van der Waals surface area contributed by atoms with Crippen molar-refractivity contribution in [2.24, 2.45) is 5.73 Å². The minimum absolute atomic E-state index is 0.299. The number of nitrogen functional groups attached to an aromatic ring is 1. The van der Waals surface area contributed by atoms with E-state index in [4.69, 9.17) is 39.4 Å². The van der Waals surface area contributed by atoms with Crippen LogP contribution in [0.2, 0.25) is 10.0 Å². The standard InChI is InChI=1S/C15H14Cl2N2O2/c1-8-4-9(15(19)20)2-3-10(8)7-21-14-6-12(17)11(16)5-13(14)18/h2-6H,7,18H2,1H3,(H2,19,20). The zero-order valence-electron chi connectivity index (χ0n) is 11.3. The third kappa shape index (κ3) is 3.60. The van der Waals surface area contributed by atoms with Gasteiger partial charge in [0.1, 0.15) is 12.4 Å². The zero-order chi connectivity index (χ0) is 15.6. The van der Waals surface area contributed by atoms with Gasteiger partial charge in [0.15, 0.2) is 0 Å². The van der Waals surface area contributed by atoms with Gasteiger partial charge in [-0.2, -0.15) is 0 Å². The van der Waals surface area contributed by atoms with E-state index in [0.29, 0.717) is 33.7 Å². The largest absolute Gasteiger partial charge is 0.487 e. The molecule has 0 bridgehead atoms. The SMILES string of the molecule is Cc1cc(C(N)=O)ccc1COc1cc(Cl)c(Cl)cc1N. The summed E-state index contributed by atoms with van der Waals surface area (Å²) in [5.41, 5.74) is 13.8. The van der Waals surface area contributed by atoms with E-state index in [1.807, 2.05) is 6.92 Å². The Morgan fingerprint density at radius 3 is 2.48 bits per heavy atom. The Labute approximate surface area is 132 Å². The van der Waals surface area contributed by atoms with E-state index < -0.39 is 5.91 Å². The molecule has 2 aromatic carbocycles. The smallest absolute Gasteiger partial charge is 0.248 e. The molecule has 4 N–H and O–H groups in total. The van der Waals surface area contributed by atoms with Gasteiger partial charge in [-0.25, -0.2) is 0 Å². The number of ether oxygens (including phenoxy) is 1. The highest BCUT2D eigenvalue weighted by molar-refractivity contribution is 6.42. The second kappa shape index (κ2) is 6.24. The van der Waals surface area contributed by atoms with Crippen molar-refractivity contribution in [3.63, 3.8) is 0 Å². The Hall–Kier alpha value is -1.91. The normalized spacial score (nSPS) is 10.4. The van der Waals surface area contributed by atoms with Gasteiger partial charge in [0.25, 0.3) is 0 Å². The van der Waals surface area contributed by atoms with Gasteiger partial charge in [0.2, 0.25) is 5.91 Å². The highest BCUT2D eigenvalue weighted by Gasteiger charge is 2.08. The molecule has 0 aromatic heterocycles. The van der Waals surface area contributed by atoms with Crippen LogP contribution in [0.3, 0.4) is 0 Å². The number of nitrogens with two attached hydrogens (primary N) is 2. The zero-order valence-corrected chi connectivity index (χ0v) is 12.8. The van der Waals surface area contributed by atoms with E-state index in [1.165, 1.54) is 0 Å². The lowest BCUT2D eigenvalue weighted by atomic mass is 10.1. The summed E-state index contributed by atoms with van der Waals surface area (Å²) in [6.45, 7) is 2.18. The quantitative estimate of drug-likeness (QED) is 0.844. The highest BCUT2D eigenvalue weighted by Crippen LogP contribution is 2.32. The van der Waals surface area contributed by atoms with Crippen LogP contribution in [0.1, 0.15) is 21.5 Å². The molecule has 0 unspecified atom stereocenters. The molecule has 2 rings (SSSR count). The fourth-order valence-corrected chi connectivity index (χ4v) is 2.16. The first-order valence-electron chi connectivity index (χ1n) is 6.15. The summed E-state index contributed by atoms with van der Waals surface area (Å²) in [6, 6.07) is 8.29. The first kappa shape index (κ1) is 15.5. The van der Waals surface area contributed by atoms with Crippen molar-refractivity contribution in [2.75, 3.05) is 5.73 Å². The first-order valence-corrected chi connectivity index (χ1v) is 6.90. The molecule has 0 aliphatic rings. The molecule has 0 aliphatic carbocycles. The summed E-state index contributed by atoms with van der Waals surface area (Å²) >= 11 is 11.8. The Balaban J connectivity index is 2.17. The molecule has 0 atom stereocenters. The second-order valence-corrected chi connectivity index (χ2v) is 5.41. The maximum absolute atomic E-state index is 11.1. The van der Waals surface area contributed by atoms with Gasteiger partial charge in [-0.1, -0.05) is 29.3 Å². The van der Waals surface area contributed by atoms with Crippen LogP contribution in [0.4, 0.5) is 5.69 Å². The first-order chi connectivity index (χ1) is 9.88. The summed E-state index contributed by atoms with van der Waals surface area (Å²) < 4.78 is 5.66. The van der Waals surface area contributed by atoms with E-state index in [1.54, 1.807) is 30.3 Å². The molecule has 0 saturated heterocycles. The van der Waals surface area contributed by atoms with Crippen LogP contribution in [0.25, 0.3) is 0 Å². The topological polar surface area (TPSA) is 78.3 Å². The summed E-state index contributed by atoms with van der Waals surface area (Å²) in [6.07, 6.45) is 0. The number of primary amides is 1. The lowest BCUT2D eigenvalue weighted by Gasteiger charge is -2.12. The summed E-state index contributed by atoms with van der Waals surface area (Å²) in [5, 5.41) is 0.755. The predicted molar refractivity (Wildman–Crippen MR) is 84.9 cm³/mol. The number of rotatable bonds is 4. The van der Waals surface area contributed by atoms with Crippen LogP contribution in [0, 0.1) is 6.92 Å². The van der Waals surface area contributed by atoms with E-state index in [2.05, 4.69) is 0 Å². The molecule has 21 heavy (non-hydrogen) atoms. The van der Waals surface area contributed by atoms with Crippen molar-refractivity contribution < 1.29 is 9.53 Å². The predicted octanol–water partition coefficient (Wildman–Crippen LogP) is 3.56. The third-order valence-electron chi connectivity index (χ3n) is 3.06. The van der Waals surface area contributed by atoms with Gasteiger partial charge in [0, 0.05) is 11.6 Å². The number of carbonyl (C=O) groups excluding carboxylic acids is 1. The lowest BCUT2D eigenvalue weighted by Crippen LogP contribution is -2.11. The fraction of sp³-hybridized carbons (Fsp3) is 0.133. The second-order valence-electron chi connectivity index (χ2n) is 4.60. The number of aryl methyl sites for hydroxylation is 1. The summed E-state index contributed by atoms with van der Waals surface area (Å²) in [4.78, 5) is 11.1. The van der Waals surface area contributed by atoms with E-state index in [-0.39, 0.29) is 0 Å². The van der Waals surface area contributed by atoms with Gasteiger partial charge in [-0.05, 0) is 36.2 Å². The molecule has 0 fully saturated rings. The number of benzene rings is 2. The molecule has 4 nitrogen and oxygen atoms in total. The van der Waals surface area contributed by atoms with Gasteiger partial charge < -0.3 is 16.2 Å². The number of anilines is 1. The number of amides is 1. The Bertz CT molecular complexity index is 702. The van der Waals surface area contributed by atoms with Crippen LogP contribution >= 0.6 is 23.2 Å². The molecule has 0 radical (unpaired) electrons. The monoisotopic (exact) mass is 324 g/mol. The average Bonchev–Trinajstić information content (AvgIpc) is 2.42. The van der Waals surface area contributed by atoms with E-state index in [0.717, 1.165) is 11.1 Å². The van der Waals surface area contributed by atoms with E-state index >= 15 is 0 Å². The molecule has 0 heterocycles. The highest BCUT2D eigenvalue weighted by atomic mass is 35.5. The number of hydrogen-bond acceptors (Lipinski definition) is 3. The average molecular weight is 325 g/mol. The van der Waals surface area contributed by atoms with Gasteiger partial charge in [-0.15, -0.1) is 0 Å². The van der Waals surface area contributed by atoms with Crippen molar-refractivity contribution >= 4 is 34.8 Å². The number of halogens is 2. The molecule has 0 spiro atoms. The Morgan fingerprint density at radius 1 is 1.19 bits per heavy atom. The van der Waals surface area contributed by atoms with Gasteiger partial charge in [-0.3, -0.25) is 4.79 Å². The minimum atomic E-state index is -0.459. The van der Waals surface area contributed by atoms with Crippen molar-refractivity contribution in [3.8, 4) is 5.75 Å². The molecular weight excluding hydrogens is 311 g/mol. The van der Waals surface area contributed by atoms with Crippen molar-refractivity contribution in [3.05, 3.63) is 57.1 Å². The van der Waals surface area contributed by atoms with Crippen LogP contribution in [0.5, 0.6) is 5.75 Å². The van der Waals surface area contributed by atoms with Gasteiger partial charge >= 0.3 is 0 Å². The van der Waals surface area contributed by atoms with Crippen LogP contribution < -0.4 is 16.2 Å². The molecular formula is C15H14Cl2N2O2. The maximum Gasteiger partial charge on any atom is 0.248 e. The van der Waals surface area contributed by atoms with Crippen LogP contribution in [0.15, 0.2) is 30.3 Å². The Morgan fingerprint density at radius 2 is 1.86 bits per heavy atom. The maximum atomic E-state index is 11.1. The third-order valence-corrected chi connectivity index (χ3v) is 3.79. The fourth-order valence-electron chi connectivity index (χ4n) is 1.84. The van der Waals surface area contributed by atoms with Crippen molar-refractivity contribution in [1.82, 2.24) is 0 Å². The summed E-state index contributed by atoms with van der Waals surface area (Å²) in [5.74, 6) is 0.00192. The number of carbonyl (C=O) groups is 1. The molecule has 2 aromatic rings. The van der Waals surface area contributed by atoms with Crippen LogP contribution in [-0.2, 0) is 6.61 Å². The minimum Gasteiger partial charge on any atom is -0.487 e. The molecule has 0 saturated carbocycles. The Kier molecular flexibility index (Phi) is 4.60. The lowest BCUT2D eigenvalue weighted by molar-refractivity contribution is 0.1000. The molecule has 0 aliphatic heterocycles.